The Morgan fingerprint density at radius 2 is 2.22 bits per heavy atom. The second-order valence-corrected chi connectivity index (χ2v) is 4.47. The van der Waals surface area contributed by atoms with Crippen LogP contribution >= 0.6 is 0 Å². The summed E-state index contributed by atoms with van der Waals surface area (Å²) in [5.74, 6) is 0.562. The van der Waals surface area contributed by atoms with Gasteiger partial charge in [0.25, 0.3) is 0 Å². The molecular formula is C13H21N3O2. The molecule has 18 heavy (non-hydrogen) atoms. The Labute approximate surface area is 108 Å². The van der Waals surface area contributed by atoms with E-state index >= 15 is 0 Å². The molecule has 0 aliphatic carbocycles. The lowest BCUT2D eigenvalue weighted by Crippen LogP contribution is -2.25. The number of nitrogen functional groups attached to an aromatic ring is 1. The predicted molar refractivity (Wildman–Crippen MR) is 72.5 cm³/mol. The van der Waals surface area contributed by atoms with Crippen molar-refractivity contribution in [2.45, 2.75) is 33.2 Å². The maximum absolute atomic E-state index is 11.6. The fourth-order valence-electron chi connectivity index (χ4n) is 1.57. The average molecular weight is 251 g/mol. The zero-order valence-electron chi connectivity index (χ0n) is 11.4. The van der Waals surface area contributed by atoms with Crippen molar-refractivity contribution < 1.29 is 9.53 Å². The molecule has 0 aliphatic heterocycles. The molecule has 0 saturated heterocycles. The lowest BCUT2D eigenvalue weighted by atomic mass is 10.0. The van der Waals surface area contributed by atoms with Gasteiger partial charge in [-0.3, -0.25) is 0 Å². The molecule has 1 aromatic heterocycles. The molecule has 0 fully saturated rings. The zero-order chi connectivity index (χ0) is 13.7. The average Bonchev–Trinajstić information content (AvgIpc) is 2.38. The van der Waals surface area contributed by atoms with Crippen LogP contribution in [0.15, 0.2) is 12.3 Å². The van der Waals surface area contributed by atoms with E-state index in [2.05, 4.69) is 31.1 Å². The van der Waals surface area contributed by atoms with Crippen molar-refractivity contribution in [3.8, 4) is 0 Å². The number of methoxy groups -OCH3 is 1. The molecule has 0 aromatic carbocycles. The molecule has 1 aromatic rings. The molecule has 0 spiro atoms. The summed E-state index contributed by atoms with van der Waals surface area (Å²) in [4.78, 5) is 15.8. The first kappa shape index (κ1) is 14.3. The van der Waals surface area contributed by atoms with Crippen LogP contribution in [0.25, 0.3) is 0 Å². The highest BCUT2D eigenvalue weighted by Crippen LogP contribution is 2.20. The summed E-state index contributed by atoms with van der Waals surface area (Å²) in [6, 6.07) is 1.79. The van der Waals surface area contributed by atoms with Crippen LogP contribution in [0.3, 0.4) is 0 Å². The molecule has 2 atom stereocenters. The van der Waals surface area contributed by atoms with Crippen LogP contribution in [0.2, 0.25) is 0 Å². The second kappa shape index (κ2) is 6.23. The van der Waals surface area contributed by atoms with Crippen molar-refractivity contribution in [3.05, 3.63) is 17.8 Å². The van der Waals surface area contributed by atoms with E-state index in [1.165, 1.54) is 13.3 Å². The van der Waals surface area contributed by atoms with E-state index in [0.29, 0.717) is 23.0 Å². The standard InChI is InChI=1S/C13H21N3O2/c1-5-8(2)9(3)16-12-11(13(17)18-4)6-10(14)7-15-12/h6-9H,5,14H2,1-4H3,(H,15,16). The number of nitrogens with two attached hydrogens (primary N) is 1. The minimum absolute atomic E-state index is 0.217. The van der Waals surface area contributed by atoms with Gasteiger partial charge < -0.3 is 15.8 Å². The van der Waals surface area contributed by atoms with E-state index in [0.717, 1.165) is 6.42 Å². The van der Waals surface area contributed by atoms with E-state index in [9.17, 15) is 4.79 Å². The number of nitrogens with zero attached hydrogens (tertiary/aromatic N) is 1. The Morgan fingerprint density at radius 3 is 2.78 bits per heavy atom. The molecule has 0 saturated carbocycles. The first-order valence-corrected chi connectivity index (χ1v) is 6.10. The largest absolute Gasteiger partial charge is 0.465 e. The lowest BCUT2D eigenvalue weighted by molar-refractivity contribution is 0.0601. The first-order chi connectivity index (χ1) is 8.49. The molecule has 1 heterocycles. The number of aromatic nitrogens is 1. The number of anilines is 2. The van der Waals surface area contributed by atoms with Gasteiger partial charge in [0.05, 0.1) is 19.0 Å². The van der Waals surface area contributed by atoms with Crippen LogP contribution in [0.5, 0.6) is 0 Å². The highest BCUT2D eigenvalue weighted by molar-refractivity contribution is 5.95. The van der Waals surface area contributed by atoms with Gasteiger partial charge in [0.2, 0.25) is 0 Å². The molecule has 0 amide bonds. The molecule has 1 rings (SSSR count). The first-order valence-electron chi connectivity index (χ1n) is 6.10. The van der Waals surface area contributed by atoms with Gasteiger partial charge in [0.15, 0.2) is 0 Å². The van der Waals surface area contributed by atoms with Crippen molar-refractivity contribution in [1.82, 2.24) is 4.98 Å². The van der Waals surface area contributed by atoms with Crippen LogP contribution < -0.4 is 11.1 Å². The monoisotopic (exact) mass is 251 g/mol. The Balaban J connectivity index is 2.98. The number of rotatable bonds is 5. The van der Waals surface area contributed by atoms with Crippen molar-refractivity contribution >= 4 is 17.5 Å². The molecular weight excluding hydrogens is 230 g/mol. The van der Waals surface area contributed by atoms with Gasteiger partial charge in [-0.05, 0) is 18.9 Å². The summed E-state index contributed by atoms with van der Waals surface area (Å²) in [6.07, 6.45) is 2.58. The number of esters is 1. The molecule has 0 bridgehead atoms. The van der Waals surface area contributed by atoms with Crippen molar-refractivity contribution in [3.63, 3.8) is 0 Å². The van der Waals surface area contributed by atoms with Crippen LogP contribution in [-0.2, 0) is 4.74 Å². The third-order valence-corrected chi connectivity index (χ3v) is 3.18. The van der Waals surface area contributed by atoms with E-state index in [-0.39, 0.29) is 6.04 Å². The topological polar surface area (TPSA) is 77.2 Å². The van der Waals surface area contributed by atoms with Crippen molar-refractivity contribution in [1.29, 1.82) is 0 Å². The minimum atomic E-state index is -0.436. The van der Waals surface area contributed by atoms with Crippen LogP contribution in [0, 0.1) is 5.92 Å². The van der Waals surface area contributed by atoms with Crippen molar-refractivity contribution in [2.24, 2.45) is 5.92 Å². The Bertz CT molecular complexity index is 421. The highest BCUT2D eigenvalue weighted by atomic mass is 16.5. The summed E-state index contributed by atoms with van der Waals surface area (Å²) in [7, 11) is 1.34. The number of carbonyl (C=O) groups is 1. The number of ether oxygens (including phenoxy) is 1. The van der Waals surface area contributed by atoms with Crippen LogP contribution in [0.4, 0.5) is 11.5 Å². The molecule has 100 valence electrons. The normalized spacial score (nSPS) is 13.8. The molecule has 0 aliphatic rings. The van der Waals surface area contributed by atoms with Gasteiger partial charge in [-0.15, -0.1) is 0 Å². The van der Waals surface area contributed by atoms with E-state index in [1.54, 1.807) is 6.07 Å². The molecule has 2 unspecified atom stereocenters. The number of nitrogens with one attached hydrogen (secondary N) is 1. The SMILES string of the molecule is CCC(C)C(C)Nc1ncc(N)cc1C(=O)OC. The summed E-state index contributed by atoms with van der Waals surface area (Å²) >= 11 is 0. The van der Waals surface area contributed by atoms with Gasteiger partial charge in [0, 0.05) is 6.04 Å². The molecule has 0 radical (unpaired) electrons. The fraction of sp³-hybridized carbons (Fsp3) is 0.538. The number of hydrogen-bond donors (Lipinski definition) is 2. The van der Waals surface area contributed by atoms with Crippen LogP contribution in [0.1, 0.15) is 37.6 Å². The number of pyridine rings is 1. The highest BCUT2D eigenvalue weighted by Gasteiger charge is 2.17. The van der Waals surface area contributed by atoms with E-state index in [4.69, 9.17) is 10.5 Å². The maximum atomic E-state index is 11.6. The fourth-order valence-corrected chi connectivity index (χ4v) is 1.57. The quantitative estimate of drug-likeness (QED) is 0.785. The summed E-state index contributed by atoms with van der Waals surface area (Å²) in [6.45, 7) is 6.33. The summed E-state index contributed by atoms with van der Waals surface area (Å²) in [5.41, 5.74) is 6.45. The molecule has 5 nitrogen and oxygen atoms in total. The predicted octanol–water partition coefficient (Wildman–Crippen LogP) is 2.30. The van der Waals surface area contributed by atoms with Crippen LogP contribution in [-0.4, -0.2) is 24.1 Å². The smallest absolute Gasteiger partial charge is 0.341 e. The molecule has 5 heteroatoms. The third-order valence-electron chi connectivity index (χ3n) is 3.18. The minimum Gasteiger partial charge on any atom is -0.465 e. The summed E-state index contributed by atoms with van der Waals surface area (Å²) < 4.78 is 4.73. The summed E-state index contributed by atoms with van der Waals surface area (Å²) in [5, 5.41) is 3.24. The molecule has 3 N–H and O–H groups in total. The number of carbonyl (C=O) groups excluding carboxylic acids is 1. The van der Waals surface area contributed by atoms with Gasteiger partial charge in [0.1, 0.15) is 11.4 Å². The Kier molecular flexibility index (Phi) is 4.95. The van der Waals surface area contributed by atoms with Gasteiger partial charge in [-0.25, -0.2) is 9.78 Å². The lowest BCUT2D eigenvalue weighted by Gasteiger charge is -2.21. The van der Waals surface area contributed by atoms with E-state index in [1.807, 2.05) is 0 Å². The van der Waals surface area contributed by atoms with Gasteiger partial charge in [-0.2, -0.15) is 0 Å². The van der Waals surface area contributed by atoms with Gasteiger partial charge in [-0.1, -0.05) is 20.3 Å². The second-order valence-electron chi connectivity index (χ2n) is 4.47. The zero-order valence-corrected chi connectivity index (χ0v) is 11.4. The Morgan fingerprint density at radius 1 is 1.56 bits per heavy atom. The van der Waals surface area contributed by atoms with Crippen molar-refractivity contribution in [2.75, 3.05) is 18.2 Å². The van der Waals surface area contributed by atoms with Gasteiger partial charge >= 0.3 is 5.97 Å². The third kappa shape index (κ3) is 3.35. The number of hydrogen-bond acceptors (Lipinski definition) is 5. The van der Waals surface area contributed by atoms with E-state index < -0.39 is 5.97 Å². The Hall–Kier alpha value is -1.78. The maximum Gasteiger partial charge on any atom is 0.341 e.